The molecule has 0 aromatic rings. The lowest BCUT2D eigenvalue weighted by Gasteiger charge is -2.08. The average molecular weight is 298 g/mol. The van der Waals surface area contributed by atoms with Gasteiger partial charge in [0.2, 0.25) is 12.9 Å². The van der Waals surface area contributed by atoms with Gasteiger partial charge in [-0.3, -0.25) is 4.79 Å². The van der Waals surface area contributed by atoms with Crippen molar-refractivity contribution in [2.75, 3.05) is 6.61 Å². The van der Waals surface area contributed by atoms with E-state index in [2.05, 4.69) is 4.74 Å². The zero-order valence-electron chi connectivity index (χ0n) is 12.3. The summed E-state index contributed by atoms with van der Waals surface area (Å²) in [6, 6.07) is 0. The first-order valence-corrected chi connectivity index (χ1v) is 6.79. The summed E-state index contributed by atoms with van der Waals surface area (Å²) >= 11 is 0. The van der Waals surface area contributed by atoms with Crippen LogP contribution in [0.15, 0.2) is 0 Å². The van der Waals surface area contributed by atoms with Crippen LogP contribution in [-0.2, 0) is 9.53 Å². The van der Waals surface area contributed by atoms with Gasteiger partial charge >= 0.3 is 5.97 Å². The van der Waals surface area contributed by atoms with Crippen LogP contribution in [0.1, 0.15) is 40.5 Å². The van der Waals surface area contributed by atoms with Crippen molar-refractivity contribution < 1.29 is 27.1 Å². The number of ether oxygens (including phenoxy) is 1. The molecule has 6 heteroatoms. The highest BCUT2D eigenvalue weighted by Crippen LogP contribution is 2.56. The molecule has 2 aliphatic rings. The average Bonchev–Trinajstić information content (AvgIpc) is 3.17. The van der Waals surface area contributed by atoms with Gasteiger partial charge in [-0.25, -0.2) is 17.6 Å². The van der Waals surface area contributed by atoms with E-state index in [9.17, 15) is 22.4 Å². The van der Waals surface area contributed by atoms with Crippen molar-refractivity contribution in [3.8, 4) is 0 Å². The zero-order valence-corrected chi connectivity index (χ0v) is 12.3. The molecule has 0 aliphatic heterocycles. The largest absolute Gasteiger partial charge is 0.466 e. The fraction of sp³-hybridized carbons (Fsp3) is 0.929. The Balaban J connectivity index is 0.000000217. The van der Waals surface area contributed by atoms with E-state index in [-0.39, 0.29) is 24.4 Å². The monoisotopic (exact) mass is 298 g/mol. The molecule has 0 N–H and O–H groups in total. The van der Waals surface area contributed by atoms with E-state index in [1.807, 2.05) is 13.8 Å². The summed E-state index contributed by atoms with van der Waals surface area (Å²) in [6.07, 6.45) is -3.54. The number of rotatable bonds is 4. The van der Waals surface area contributed by atoms with Gasteiger partial charge in [-0.15, -0.1) is 0 Å². The highest BCUT2D eigenvalue weighted by Gasteiger charge is 2.61. The van der Waals surface area contributed by atoms with Crippen molar-refractivity contribution in [3.63, 3.8) is 0 Å². The Bertz CT molecular complexity index is 357. The molecule has 118 valence electrons. The van der Waals surface area contributed by atoms with Crippen molar-refractivity contribution in [3.05, 3.63) is 0 Å². The molecule has 0 bridgehead atoms. The smallest absolute Gasteiger partial charge is 0.312 e. The summed E-state index contributed by atoms with van der Waals surface area (Å²) in [6.45, 7) is 7.21. The zero-order chi connectivity index (χ0) is 15.7. The Kier molecular flexibility index (Phi) is 5.08. The molecule has 0 saturated heterocycles. The van der Waals surface area contributed by atoms with Gasteiger partial charge in [0.05, 0.1) is 12.0 Å². The number of esters is 1. The normalized spacial score (nSPS) is 33.5. The molecule has 0 amide bonds. The Morgan fingerprint density at radius 2 is 1.55 bits per heavy atom. The minimum Gasteiger partial charge on any atom is -0.466 e. The van der Waals surface area contributed by atoms with Crippen LogP contribution in [0.4, 0.5) is 17.6 Å². The summed E-state index contributed by atoms with van der Waals surface area (Å²) < 4.78 is 52.3. The molecule has 0 spiro atoms. The fourth-order valence-electron chi connectivity index (χ4n) is 2.23. The fourth-order valence-corrected chi connectivity index (χ4v) is 2.23. The molecule has 2 saturated carbocycles. The summed E-state index contributed by atoms with van der Waals surface area (Å²) in [5, 5.41) is 0. The van der Waals surface area contributed by atoms with E-state index in [0.29, 0.717) is 6.42 Å². The lowest BCUT2D eigenvalue weighted by Crippen LogP contribution is -2.20. The van der Waals surface area contributed by atoms with E-state index in [4.69, 9.17) is 0 Å². The van der Waals surface area contributed by atoms with Gasteiger partial charge in [0, 0.05) is 11.8 Å². The van der Waals surface area contributed by atoms with E-state index in [0.717, 1.165) is 0 Å². The topological polar surface area (TPSA) is 26.3 Å². The molecule has 2 rings (SSSR count). The van der Waals surface area contributed by atoms with Gasteiger partial charge in [-0.05, 0) is 32.1 Å². The van der Waals surface area contributed by atoms with E-state index >= 15 is 0 Å². The molecule has 2 aliphatic carbocycles. The van der Waals surface area contributed by atoms with Crippen LogP contribution in [0, 0.1) is 22.7 Å². The molecule has 0 aromatic carbocycles. The summed E-state index contributed by atoms with van der Waals surface area (Å²) in [7, 11) is 0. The maximum atomic E-state index is 12.1. The summed E-state index contributed by atoms with van der Waals surface area (Å²) in [5.41, 5.74) is -0.974. The van der Waals surface area contributed by atoms with E-state index in [1.165, 1.54) is 6.92 Å². The highest BCUT2D eigenvalue weighted by atomic mass is 19.3. The van der Waals surface area contributed by atoms with Crippen molar-refractivity contribution >= 4 is 5.97 Å². The minimum absolute atomic E-state index is 0.0613. The molecule has 3 atom stereocenters. The SMILES string of the molecule is CC1(C)C[C@H]1C(F)F.CCOC(=O)[C@@]1(C)C[C@H]1C(F)F. The van der Waals surface area contributed by atoms with Crippen molar-refractivity contribution in [2.24, 2.45) is 22.7 Å². The lowest BCUT2D eigenvalue weighted by atomic mass is 10.1. The summed E-state index contributed by atoms with van der Waals surface area (Å²) in [5.74, 6) is -1.60. The molecule has 0 heterocycles. The number of hydrogen-bond acceptors (Lipinski definition) is 2. The van der Waals surface area contributed by atoms with Crippen LogP contribution < -0.4 is 0 Å². The van der Waals surface area contributed by atoms with E-state index < -0.39 is 30.2 Å². The molecule has 2 fully saturated rings. The second-order valence-corrected chi connectivity index (χ2v) is 6.42. The number of carbonyl (C=O) groups is 1. The predicted molar refractivity (Wildman–Crippen MR) is 66.7 cm³/mol. The lowest BCUT2D eigenvalue weighted by molar-refractivity contribution is -0.150. The van der Waals surface area contributed by atoms with Gasteiger partial charge in [-0.2, -0.15) is 0 Å². The van der Waals surface area contributed by atoms with Gasteiger partial charge in [0.15, 0.2) is 0 Å². The van der Waals surface area contributed by atoms with Crippen LogP contribution >= 0.6 is 0 Å². The molecule has 0 unspecified atom stereocenters. The van der Waals surface area contributed by atoms with Crippen molar-refractivity contribution in [2.45, 2.75) is 53.4 Å². The first-order chi connectivity index (χ1) is 9.06. The van der Waals surface area contributed by atoms with Crippen LogP contribution in [0.5, 0.6) is 0 Å². The molecule has 0 radical (unpaired) electrons. The third-order valence-corrected chi connectivity index (χ3v) is 4.24. The number of carbonyl (C=O) groups excluding carboxylic acids is 1. The van der Waals surface area contributed by atoms with Gasteiger partial charge in [0.1, 0.15) is 0 Å². The first-order valence-electron chi connectivity index (χ1n) is 6.79. The highest BCUT2D eigenvalue weighted by molar-refractivity contribution is 5.80. The van der Waals surface area contributed by atoms with Gasteiger partial charge < -0.3 is 4.74 Å². The van der Waals surface area contributed by atoms with Gasteiger partial charge in [-0.1, -0.05) is 13.8 Å². The minimum atomic E-state index is -2.40. The quantitative estimate of drug-likeness (QED) is 0.576. The Morgan fingerprint density at radius 3 is 1.75 bits per heavy atom. The number of hydrogen-bond donors (Lipinski definition) is 0. The second-order valence-electron chi connectivity index (χ2n) is 6.42. The van der Waals surface area contributed by atoms with Crippen molar-refractivity contribution in [1.29, 1.82) is 0 Å². The Hall–Kier alpha value is -0.810. The molecule has 20 heavy (non-hydrogen) atoms. The predicted octanol–water partition coefficient (Wildman–Crippen LogP) is 4.14. The molecular formula is C14H22F4O2. The number of halogens is 4. The maximum Gasteiger partial charge on any atom is 0.312 e. The molecule has 2 nitrogen and oxygen atoms in total. The standard InChI is InChI=1S/C8H12F2O2.C6H10F2/c1-3-12-7(11)8(2)4-5(8)6(9)10;1-6(2)3-4(6)5(7)8/h5-6H,3-4H2,1-2H3;4-5H,3H2,1-2H3/t5-,8-;4-/m00/s1. The van der Waals surface area contributed by atoms with E-state index in [1.54, 1.807) is 6.92 Å². The van der Waals surface area contributed by atoms with Crippen LogP contribution in [0.2, 0.25) is 0 Å². The Morgan fingerprint density at radius 1 is 1.10 bits per heavy atom. The molecular weight excluding hydrogens is 276 g/mol. The second kappa shape index (κ2) is 5.90. The van der Waals surface area contributed by atoms with Gasteiger partial charge in [0.25, 0.3) is 0 Å². The first kappa shape index (κ1) is 17.2. The third kappa shape index (κ3) is 3.85. The van der Waals surface area contributed by atoms with Crippen molar-refractivity contribution in [1.82, 2.24) is 0 Å². The van der Waals surface area contributed by atoms with Crippen LogP contribution in [-0.4, -0.2) is 25.4 Å². The number of alkyl halides is 4. The maximum absolute atomic E-state index is 12.1. The summed E-state index contributed by atoms with van der Waals surface area (Å²) in [4.78, 5) is 11.1. The third-order valence-electron chi connectivity index (χ3n) is 4.24. The van der Waals surface area contributed by atoms with Crippen LogP contribution in [0.3, 0.4) is 0 Å². The Labute approximate surface area is 116 Å². The van der Waals surface area contributed by atoms with Crippen LogP contribution in [0.25, 0.3) is 0 Å². The molecule has 0 aromatic heterocycles.